The molecule has 0 saturated carbocycles. The molecule has 0 fully saturated rings. The highest BCUT2D eigenvalue weighted by atomic mass is 35.5. The molecule has 0 radical (unpaired) electrons. The Hall–Kier alpha value is -1.99. The zero-order valence-electron chi connectivity index (χ0n) is 11.6. The van der Waals surface area contributed by atoms with E-state index in [1.807, 2.05) is 0 Å². The van der Waals surface area contributed by atoms with Gasteiger partial charge in [0.25, 0.3) is 0 Å². The van der Waals surface area contributed by atoms with E-state index in [4.69, 9.17) is 23.8 Å². The fourth-order valence-corrected chi connectivity index (χ4v) is 2.13. The van der Waals surface area contributed by atoms with Crippen LogP contribution in [0, 0.1) is 0 Å². The van der Waals surface area contributed by atoms with E-state index in [-0.39, 0.29) is 22.4 Å². The summed E-state index contributed by atoms with van der Waals surface area (Å²) in [4.78, 5) is 0. The largest absolute Gasteiger partial charge is 0.504 e. The lowest BCUT2D eigenvalue weighted by molar-refractivity contribution is -0.137. The fraction of sp³-hybridized carbons (Fsp3) is 0.133. The highest BCUT2D eigenvalue weighted by Gasteiger charge is 2.29. The average Bonchev–Trinajstić information content (AvgIpc) is 2.49. The summed E-state index contributed by atoms with van der Waals surface area (Å²) in [6.07, 6.45) is -4.35. The topological polar surface area (TPSA) is 44.3 Å². The van der Waals surface area contributed by atoms with Gasteiger partial charge < -0.3 is 15.7 Å². The number of phenolic OH excluding ortho intramolecular Hbond substituents is 1. The molecule has 0 aliphatic heterocycles. The first-order chi connectivity index (χ1) is 10.8. The molecule has 0 saturated heterocycles. The van der Waals surface area contributed by atoms with E-state index >= 15 is 0 Å². The number of hydrogen-bond donors (Lipinski definition) is 3. The maximum atomic E-state index is 12.5. The van der Waals surface area contributed by atoms with Crippen LogP contribution in [0.4, 0.5) is 18.9 Å². The van der Waals surface area contributed by atoms with Crippen molar-refractivity contribution in [3.63, 3.8) is 0 Å². The molecule has 8 heteroatoms. The van der Waals surface area contributed by atoms with E-state index in [1.54, 1.807) is 12.1 Å². The molecule has 0 atom stereocenters. The first kappa shape index (κ1) is 17.4. The second-order valence-electron chi connectivity index (χ2n) is 4.64. The molecule has 23 heavy (non-hydrogen) atoms. The fourth-order valence-electron chi connectivity index (χ4n) is 1.78. The van der Waals surface area contributed by atoms with Gasteiger partial charge in [-0.25, -0.2) is 0 Å². The minimum atomic E-state index is -4.35. The maximum Gasteiger partial charge on any atom is 0.416 e. The smallest absolute Gasteiger partial charge is 0.416 e. The van der Waals surface area contributed by atoms with Gasteiger partial charge in [-0.1, -0.05) is 29.8 Å². The van der Waals surface area contributed by atoms with Gasteiger partial charge in [-0.05, 0) is 42.0 Å². The van der Waals surface area contributed by atoms with Crippen LogP contribution in [0.2, 0.25) is 5.02 Å². The molecule has 2 aromatic rings. The Kier molecular flexibility index (Phi) is 5.33. The quantitative estimate of drug-likeness (QED) is 0.555. The Morgan fingerprint density at radius 1 is 1.13 bits per heavy atom. The maximum absolute atomic E-state index is 12.5. The van der Waals surface area contributed by atoms with Gasteiger partial charge in [0.05, 0.1) is 16.3 Å². The number of nitrogens with one attached hydrogen (secondary N) is 2. The van der Waals surface area contributed by atoms with Gasteiger partial charge in [-0.15, -0.1) is 0 Å². The van der Waals surface area contributed by atoms with Gasteiger partial charge in [0.15, 0.2) is 10.9 Å². The van der Waals surface area contributed by atoms with Crippen LogP contribution in [0.15, 0.2) is 42.5 Å². The Balaban J connectivity index is 1.93. The first-order valence-electron chi connectivity index (χ1n) is 6.46. The monoisotopic (exact) mass is 360 g/mol. The molecule has 0 amide bonds. The molecular formula is C15H12ClF3N2OS. The number of phenols is 1. The number of aromatic hydroxyl groups is 1. The number of rotatable bonds is 3. The van der Waals surface area contributed by atoms with Gasteiger partial charge in [-0.3, -0.25) is 0 Å². The molecule has 0 unspecified atom stereocenters. The molecule has 0 aliphatic carbocycles. The highest BCUT2D eigenvalue weighted by Crippen LogP contribution is 2.31. The van der Waals surface area contributed by atoms with Crippen LogP contribution in [0.1, 0.15) is 11.1 Å². The number of hydrogen-bond acceptors (Lipinski definition) is 2. The van der Waals surface area contributed by atoms with Crippen LogP contribution in [0.5, 0.6) is 5.75 Å². The predicted octanol–water partition coefficient (Wildman–Crippen LogP) is 4.55. The first-order valence-corrected chi connectivity index (χ1v) is 7.24. The van der Waals surface area contributed by atoms with Gasteiger partial charge >= 0.3 is 6.18 Å². The van der Waals surface area contributed by atoms with Crippen LogP contribution >= 0.6 is 23.8 Å². The van der Waals surface area contributed by atoms with Crippen molar-refractivity contribution in [2.24, 2.45) is 0 Å². The number of benzene rings is 2. The predicted molar refractivity (Wildman–Crippen MR) is 87.6 cm³/mol. The molecule has 0 aromatic heterocycles. The minimum Gasteiger partial charge on any atom is -0.504 e. The summed E-state index contributed by atoms with van der Waals surface area (Å²) in [6, 6.07) is 9.52. The second kappa shape index (κ2) is 7.06. The van der Waals surface area contributed by atoms with Gasteiger partial charge in [0.2, 0.25) is 0 Å². The summed E-state index contributed by atoms with van der Waals surface area (Å²) < 4.78 is 37.4. The van der Waals surface area contributed by atoms with Crippen molar-refractivity contribution in [2.45, 2.75) is 12.7 Å². The lowest BCUT2D eigenvalue weighted by Crippen LogP contribution is -2.27. The molecule has 3 N–H and O–H groups in total. The van der Waals surface area contributed by atoms with E-state index < -0.39 is 11.7 Å². The third-order valence-electron chi connectivity index (χ3n) is 2.97. The van der Waals surface area contributed by atoms with Crippen LogP contribution in [-0.2, 0) is 12.7 Å². The summed E-state index contributed by atoms with van der Waals surface area (Å²) >= 11 is 10.8. The number of anilines is 1. The molecule has 0 heterocycles. The van der Waals surface area contributed by atoms with Crippen LogP contribution in [-0.4, -0.2) is 10.2 Å². The van der Waals surface area contributed by atoms with Crippen molar-refractivity contribution in [3.05, 3.63) is 58.6 Å². The van der Waals surface area contributed by atoms with E-state index in [0.717, 1.165) is 12.1 Å². The molecule has 3 nitrogen and oxygen atoms in total. The second-order valence-corrected chi connectivity index (χ2v) is 5.45. The van der Waals surface area contributed by atoms with Crippen LogP contribution in [0.25, 0.3) is 0 Å². The summed E-state index contributed by atoms with van der Waals surface area (Å²) in [5, 5.41) is 15.7. The summed E-state index contributed by atoms with van der Waals surface area (Å²) in [7, 11) is 0. The third kappa shape index (κ3) is 4.74. The number of alkyl halides is 3. The highest BCUT2D eigenvalue weighted by molar-refractivity contribution is 7.80. The Morgan fingerprint density at radius 3 is 2.39 bits per heavy atom. The van der Waals surface area contributed by atoms with E-state index in [2.05, 4.69) is 10.6 Å². The molecule has 122 valence electrons. The summed E-state index contributed by atoms with van der Waals surface area (Å²) in [6.45, 7) is 0.241. The van der Waals surface area contributed by atoms with Crippen molar-refractivity contribution >= 4 is 34.6 Å². The lowest BCUT2D eigenvalue weighted by atomic mass is 10.1. The third-order valence-corrected chi connectivity index (χ3v) is 3.52. The zero-order chi connectivity index (χ0) is 17.0. The van der Waals surface area contributed by atoms with Gasteiger partial charge in [-0.2, -0.15) is 13.2 Å². The summed E-state index contributed by atoms with van der Waals surface area (Å²) in [5.74, 6) is -0.132. The molecule has 0 bridgehead atoms. The molecule has 0 spiro atoms. The summed E-state index contributed by atoms with van der Waals surface area (Å²) in [5.41, 5.74) is 0.269. The standard InChI is InChI=1S/C15H12ClF3N2OS/c16-11-2-1-3-12(13(11)22)21-14(23)20-8-9-4-6-10(7-5-9)15(17,18)19/h1-7,22H,8H2,(H2,20,21,23). The van der Waals surface area contributed by atoms with Gasteiger partial charge in [0.1, 0.15) is 0 Å². The average molecular weight is 361 g/mol. The Labute approximate surface area is 141 Å². The number of halogens is 4. The Morgan fingerprint density at radius 2 is 1.78 bits per heavy atom. The molecule has 2 aromatic carbocycles. The van der Waals surface area contributed by atoms with E-state index in [1.165, 1.54) is 18.2 Å². The van der Waals surface area contributed by atoms with Crippen molar-refractivity contribution in [3.8, 4) is 5.75 Å². The van der Waals surface area contributed by atoms with E-state index in [9.17, 15) is 18.3 Å². The van der Waals surface area contributed by atoms with Crippen molar-refractivity contribution in [1.82, 2.24) is 5.32 Å². The zero-order valence-corrected chi connectivity index (χ0v) is 13.2. The minimum absolute atomic E-state index is 0.132. The van der Waals surface area contributed by atoms with E-state index in [0.29, 0.717) is 11.3 Å². The van der Waals surface area contributed by atoms with Crippen LogP contribution in [0.3, 0.4) is 0 Å². The number of para-hydroxylation sites is 1. The molecule has 2 rings (SSSR count). The van der Waals surface area contributed by atoms with Gasteiger partial charge in [0, 0.05) is 6.54 Å². The van der Waals surface area contributed by atoms with Crippen molar-refractivity contribution in [1.29, 1.82) is 0 Å². The normalized spacial score (nSPS) is 11.1. The molecule has 0 aliphatic rings. The number of thiocarbonyl (C=S) groups is 1. The van der Waals surface area contributed by atoms with Crippen molar-refractivity contribution in [2.75, 3.05) is 5.32 Å². The van der Waals surface area contributed by atoms with Crippen molar-refractivity contribution < 1.29 is 18.3 Å². The lowest BCUT2D eigenvalue weighted by Gasteiger charge is -2.13. The molecular weight excluding hydrogens is 349 g/mol. The SMILES string of the molecule is Oc1c(Cl)cccc1NC(=S)NCc1ccc(C(F)(F)F)cc1. The van der Waals surface area contributed by atoms with Crippen LogP contribution < -0.4 is 10.6 Å². The Bertz CT molecular complexity index is 705.